The highest BCUT2D eigenvalue weighted by atomic mass is 16.5. The monoisotopic (exact) mass is 404 g/mol. The fraction of sp³-hybridized carbons (Fsp3) is 0.240. The average molecular weight is 404 g/mol. The zero-order valence-electron chi connectivity index (χ0n) is 17.5. The number of carbonyl (C=O) groups is 1. The Balaban J connectivity index is 1.84. The van der Waals surface area contributed by atoms with Gasteiger partial charge in [0.1, 0.15) is 17.2 Å². The van der Waals surface area contributed by atoms with Gasteiger partial charge in [0.2, 0.25) is 0 Å². The molecule has 3 aromatic rings. The van der Waals surface area contributed by atoms with Gasteiger partial charge >= 0.3 is 5.97 Å². The van der Waals surface area contributed by atoms with Gasteiger partial charge in [0.15, 0.2) is 5.60 Å². The molecule has 1 aliphatic heterocycles. The minimum Gasteiger partial charge on any atom is -0.497 e. The lowest BCUT2D eigenvalue weighted by atomic mass is 9.82. The summed E-state index contributed by atoms with van der Waals surface area (Å²) in [5.41, 5.74) is 3.62. The molecule has 154 valence electrons. The van der Waals surface area contributed by atoms with E-state index in [0.717, 1.165) is 39.5 Å². The molecular formula is C25H24O5. The van der Waals surface area contributed by atoms with Crippen molar-refractivity contribution in [2.45, 2.75) is 18.9 Å². The Labute approximate surface area is 176 Å². The number of hydrogen-bond acceptors (Lipinski definition) is 5. The minimum atomic E-state index is -0.720. The van der Waals surface area contributed by atoms with Crippen molar-refractivity contribution in [3.63, 3.8) is 0 Å². The van der Waals surface area contributed by atoms with E-state index in [2.05, 4.69) is 0 Å². The van der Waals surface area contributed by atoms with E-state index in [1.807, 2.05) is 67.6 Å². The predicted octanol–water partition coefficient (Wildman–Crippen LogP) is 4.68. The van der Waals surface area contributed by atoms with E-state index in [4.69, 9.17) is 18.9 Å². The van der Waals surface area contributed by atoms with Gasteiger partial charge in [-0.25, -0.2) is 4.79 Å². The Morgan fingerprint density at radius 1 is 0.867 bits per heavy atom. The molecular weight excluding hydrogens is 380 g/mol. The Bertz CT molecular complexity index is 1020. The summed E-state index contributed by atoms with van der Waals surface area (Å²) in [5.74, 6) is 1.99. The van der Waals surface area contributed by atoms with Crippen molar-refractivity contribution in [2.24, 2.45) is 0 Å². The molecule has 0 N–H and O–H groups in total. The van der Waals surface area contributed by atoms with Crippen molar-refractivity contribution >= 4 is 5.97 Å². The van der Waals surface area contributed by atoms with Gasteiger partial charge in [-0.1, -0.05) is 24.3 Å². The number of aryl methyl sites for hydroxylation is 1. The summed E-state index contributed by atoms with van der Waals surface area (Å²) >= 11 is 0. The molecule has 5 nitrogen and oxygen atoms in total. The average Bonchev–Trinajstić information content (AvgIpc) is 3.17. The van der Waals surface area contributed by atoms with E-state index < -0.39 is 5.60 Å². The first kappa shape index (κ1) is 19.8. The largest absolute Gasteiger partial charge is 0.497 e. The van der Waals surface area contributed by atoms with Crippen LogP contribution < -0.4 is 14.2 Å². The molecule has 4 rings (SSSR count). The third kappa shape index (κ3) is 3.26. The van der Waals surface area contributed by atoms with Crippen LogP contribution in [0.2, 0.25) is 0 Å². The Kier molecular flexibility index (Phi) is 5.12. The SMILES string of the molecule is COC(=O)c1cc2c(cc1C)OC(c1ccc(OC)cc1)(c1ccc(OC)cc1)C2. The number of hydrogen-bond donors (Lipinski definition) is 0. The van der Waals surface area contributed by atoms with Crippen molar-refractivity contribution < 1.29 is 23.7 Å². The Hall–Kier alpha value is -3.47. The van der Waals surface area contributed by atoms with Crippen LogP contribution in [0.15, 0.2) is 60.7 Å². The molecule has 0 aliphatic carbocycles. The first-order valence-corrected chi connectivity index (χ1v) is 9.70. The van der Waals surface area contributed by atoms with Crippen molar-refractivity contribution in [2.75, 3.05) is 21.3 Å². The topological polar surface area (TPSA) is 54.0 Å². The minimum absolute atomic E-state index is 0.346. The standard InChI is InChI=1S/C25H24O5/c1-16-13-23-17(14-22(16)24(26)29-4)15-25(30-23,18-5-9-20(27-2)10-6-18)19-7-11-21(28-3)12-8-19/h5-14H,15H2,1-4H3. The number of benzene rings is 3. The highest BCUT2D eigenvalue weighted by Gasteiger charge is 2.43. The summed E-state index contributed by atoms with van der Waals surface area (Å²) in [6.07, 6.45) is 0.589. The summed E-state index contributed by atoms with van der Waals surface area (Å²) in [6, 6.07) is 19.6. The lowest BCUT2D eigenvalue weighted by Crippen LogP contribution is -2.32. The van der Waals surface area contributed by atoms with E-state index in [1.54, 1.807) is 14.2 Å². The van der Waals surface area contributed by atoms with Crippen LogP contribution in [0, 0.1) is 6.92 Å². The van der Waals surface area contributed by atoms with E-state index >= 15 is 0 Å². The second-order valence-electron chi connectivity index (χ2n) is 7.33. The molecule has 0 unspecified atom stereocenters. The molecule has 3 aromatic carbocycles. The highest BCUT2D eigenvalue weighted by Crippen LogP contribution is 2.47. The van der Waals surface area contributed by atoms with E-state index in [0.29, 0.717) is 12.0 Å². The lowest BCUT2D eigenvalue weighted by Gasteiger charge is -2.30. The number of methoxy groups -OCH3 is 3. The molecule has 0 atom stereocenters. The van der Waals surface area contributed by atoms with Crippen molar-refractivity contribution in [1.29, 1.82) is 0 Å². The number of esters is 1. The Morgan fingerprint density at radius 3 is 1.87 bits per heavy atom. The summed E-state index contributed by atoms with van der Waals surface area (Å²) in [4.78, 5) is 12.2. The summed E-state index contributed by atoms with van der Waals surface area (Å²) < 4.78 is 22.2. The first-order valence-electron chi connectivity index (χ1n) is 9.70. The predicted molar refractivity (Wildman–Crippen MR) is 114 cm³/mol. The maximum atomic E-state index is 12.2. The van der Waals surface area contributed by atoms with Gasteiger partial charge < -0.3 is 18.9 Å². The number of fused-ring (bicyclic) bond motifs is 1. The van der Waals surface area contributed by atoms with Gasteiger partial charge in [0.25, 0.3) is 0 Å². The van der Waals surface area contributed by atoms with E-state index in [-0.39, 0.29) is 5.97 Å². The molecule has 5 heteroatoms. The van der Waals surface area contributed by atoms with Crippen LogP contribution in [0.5, 0.6) is 17.2 Å². The number of rotatable bonds is 5. The second kappa shape index (κ2) is 7.75. The fourth-order valence-corrected chi connectivity index (χ4v) is 3.99. The summed E-state index contributed by atoms with van der Waals surface area (Å²) in [5, 5.41) is 0. The van der Waals surface area contributed by atoms with Crippen LogP contribution in [0.3, 0.4) is 0 Å². The maximum absolute atomic E-state index is 12.2. The van der Waals surface area contributed by atoms with Gasteiger partial charge in [-0.3, -0.25) is 0 Å². The smallest absolute Gasteiger partial charge is 0.338 e. The quantitative estimate of drug-likeness (QED) is 0.578. The molecule has 0 aromatic heterocycles. The normalized spacial score (nSPS) is 13.9. The van der Waals surface area contributed by atoms with Gasteiger partial charge in [-0.2, -0.15) is 0 Å². The van der Waals surface area contributed by atoms with Crippen LogP contribution in [0.25, 0.3) is 0 Å². The lowest BCUT2D eigenvalue weighted by molar-refractivity contribution is 0.0600. The molecule has 0 bridgehead atoms. The maximum Gasteiger partial charge on any atom is 0.338 e. The number of ether oxygens (including phenoxy) is 4. The third-order valence-corrected chi connectivity index (χ3v) is 5.65. The molecule has 0 radical (unpaired) electrons. The second-order valence-corrected chi connectivity index (χ2v) is 7.33. The summed E-state index contributed by atoms with van der Waals surface area (Å²) in [6.45, 7) is 1.89. The van der Waals surface area contributed by atoms with Crippen molar-refractivity contribution in [1.82, 2.24) is 0 Å². The highest BCUT2D eigenvalue weighted by molar-refractivity contribution is 5.91. The van der Waals surface area contributed by atoms with Crippen LogP contribution >= 0.6 is 0 Å². The molecule has 0 amide bonds. The van der Waals surface area contributed by atoms with Crippen molar-refractivity contribution in [3.8, 4) is 17.2 Å². The van der Waals surface area contributed by atoms with E-state index in [9.17, 15) is 4.79 Å². The molecule has 1 heterocycles. The van der Waals surface area contributed by atoms with Crippen LogP contribution in [-0.2, 0) is 16.8 Å². The van der Waals surface area contributed by atoms with Crippen LogP contribution in [0.1, 0.15) is 32.6 Å². The first-order chi connectivity index (χ1) is 14.5. The van der Waals surface area contributed by atoms with Gasteiger partial charge in [0.05, 0.1) is 26.9 Å². The fourth-order valence-electron chi connectivity index (χ4n) is 3.99. The number of carbonyl (C=O) groups excluding carboxylic acids is 1. The van der Waals surface area contributed by atoms with Crippen molar-refractivity contribution in [3.05, 3.63) is 88.5 Å². The summed E-state index contributed by atoms with van der Waals surface area (Å²) in [7, 11) is 4.69. The molecule has 0 spiro atoms. The molecule has 30 heavy (non-hydrogen) atoms. The zero-order valence-corrected chi connectivity index (χ0v) is 17.5. The van der Waals surface area contributed by atoms with E-state index in [1.165, 1.54) is 7.11 Å². The van der Waals surface area contributed by atoms with Gasteiger partial charge in [-0.15, -0.1) is 0 Å². The zero-order chi connectivity index (χ0) is 21.3. The van der Waals surface area contributed by atoms with Gasteiger partial charge in [-0.05, 0) is 54.4 Å². The van der Waals surface area contributed by atoms with Crippen LogP contribution in [-0.4, -0.2) is 27.3 Å². The molecule has 0 saturated carbocycles. The Morgan fingerprint density at radius 2 is 1.40 bits per heavy atom. The third-order valence-electron chi connectivity index (χ3n) is 5.65. The molecule has 0 saturated heterocycles. The molecule has 1 aliphatic rings. The van der Waals surface area contributed by atoms with Crippen LogP contribution in [0.4, 0.5) is 0 Å². The molecule has 0 fully saturated rings. The van der Waals surface area contributed by atoms with Gasteiger partial charge in [0, 0.05) is 17.5 Å².